The van der Waals surface area contributed by atoms with Crippen molar-refractivity contribution in [3.05, 3.63) is 17.5 Å². The molecule has 0 unspecified atom stereocenters. The lowest BCUT2D eigenvalue weighted by Gasteiger charge is -2.12. The number of nitrogens with two attached hydrogens (primary N) is 1. The molecule has 1 aliphatic carbocycles. The molecule has 6 nitrogen and oxygen atoms in total. The highest BCUT2D eigenvalue weighted by Gasteiger charge is 2.15. The zero-order valence-corrected chi connectivity index (χ0v) is 15.6. The molecule has 1 aromatic heterocycles. The number of guanidine groups is 1. The molecule has 0 amide bonds. The van der Waals surface area contributed by atoms with Crippen LogP contribution in [0.5, 0.6) is 0 Å². The molecule has 2 rings (SSSR count). The van der Waals surface area contributed by atoms with Crippen LogP contribution in [0, 0.1) is 0 Å². The molecule has 0 aromatic carbocycles. The van der Waals surface area contributed by atoms with Crippen molar-refractivity contribution in [2.75, 3.05) is 13.1 Å². The maximum absolute atomic E-state index is 11.8. The van der Waals surface area contributed by atoms with Gasteiger partial charge in [-0.05, 0) is 24.3 Å². The minimum atomic E-state index is -3.40. The summed E-state index contributed by atoms with van der Waals surface area (Å²) in [6, 6.07) is 3.70. The van der Waals surface area contributed by atoms with Crippen molar-refractivity contribution < 1.29 is 8.42 Å². The number of hydrogen-bond donors (Lipinski definition) is 3. The number of rotatable bonds is 6. The monoisotopic (exact) mass is 444 g/mol. The van der Waals surface area contributed by atoms with Gasteiger partial charge in [0.25, 0.3) is 0 Å². The highest BCUT2D eigenvalue weighted by Crippen LogP contribution is 2.17. The molecule has 0 saturated heterocycles. The number of halogens is 1. The van der Waals surface area contributed by atoms with Gasteiger partial charge in [-0.15, -0.1) is 35.3 Å². The Labute approximate surface area is 146 Å². The summed E-state index contributed by atoms with van der Waals surface area (Å²) in [5.41, 5.74) is 5.76. The van der Waals surface area contributed by atoms with Gasteiger partial charge < -0.3 is 11.1 Å². The molecule has 0 atom stereocenters. The van der Waals surface area contributed by atoms with E-state index in [1.54, 1.807) is 17.5 Å². The number of thiophene rings is 1. The van der Waals surface area contributed by atoms with Crippen molar-refractivity contribution in [2.45, 2.75) is 35.9 Å². The Hall–Kier alpha value is -0.390. The molecule has 120 valence electrons. The van der Waals surface area contributed by atoms with Gasteiger partial charge in [0, 0.05) is 12.6 Å². The molecule has 1 heterocycles. The summed E-state index contributed by atoms with van der Waals surface area (Å²) >= 11 is 1.19. The summed E-state index contributed by atoms with van der Waals surface area (Å²) < 4.78 is 26.5. The van der Waals surface area contributed by atoms with E-state index < -0.39 is 10.0 Å². The van der Waals surface area contributed by atoms with E-state index in [1.165, 1.54) is 24.2 Å². The van der Waals surface area contributed by atoms with Gasteiger partial charge in [0.15, 0.2) is 5.96 Å². The molecule has 0 spiro atoms. The van der Waals surface area contributed by atoms with Crippen molar-refractivity contribution in [3.8, 4) is 0 Å². The fourth-order valence-electron chi connectivity index (χ4n) is 2.17. The minimum absolute atomic E-state index is 0. The first kappa shape index (κ1) is 18.7. The fraction of sp³-hybridized carbons (Fsp3) is 0.583. The van der Waals surface area contributed by atoms with Gasteiger partial charge in [0.05, 0.1) is 6.54 Å². The molecule has 0 aliphatic heterocycles. The van der Waals surface area contributed by atoms with E-state index >= 15 is 0 Å². The minimum Gasteiger partial charge on any atom is -0.370 e. The third-order valence-electron chi connectivity index (χ3n) is 3.15. The number of aliphatic imine (C=N–C) groups is 1. The molecule has 0 bridgehead atoms. The van der Waals surface area contributed by atoms with E-state index in [2.05, 4.69) is 15.0 Å². The lowest BCUT2D eigenvalue weighted by Crippen LogP contribution is -2.39. The first-order valence-corrected chi connectivity index (χ1v) is 9.04. The summed E-state index contributed by atoms with van der Waals surface area (Å²) in [5.74, 6) is 0.396. The molecule has 0 radical (unpaired) electrons. The molecular formula is C12H21IN4O2S2. The average Bonchev–Trinajstić information content (AvgIpc) is 3.07. The summed E-state index contributed by atoms with van der Waals surface area (Å²) in [4.78, 5) is 4.13. The first-order valence-electron chi connectivity index (χ1n) is 6.67. The topological polar surface area (TPSA) is 96.6 Å². The quantitative estimate of drug-likeness (QED) is 0.268. The summed E-state index contributed by atoms with van der Waals surface area (Å²) in [6.07, 6.45) is 4.71. The van der Waals surface area contributed by atoms with Crippen molar-refractivity contribution in [1.29, 1.82) is 0 Å². The van der Waals surface area contributed by atoms with Crippen LogP contribution in [0.4, 0.5) is 0 Å². The van der Waals surface area contributed by atoms with Gasteiger partial charge in [-0.1, -0.05) is 18.9 Å². The van der Waals surface area contributed by atoms with Crippen LogP contribution >= 0.6 is 35.3 Å². The molecule has 21 heavy (non-hydrogen) atoms. The Kier molecular flexibility index (Phi) is 7.92. The standard InChI is InChI=1S/C12H20N4O2S2.HI/c13-12(16-10-4-1-2-5-10)14-7-8-15-20(17,18)11-6-3-9-19-11;/h3,6,9-10,15H,1-2,4-5,7-8H2,(H3,13,14,16);1H. The van der Waals surface area contributed by atoms with Crippen LogP contribution in [-0.2, 0) is 10.0 Å². The molecule has 1 fully saturated rings. The van der Waals surface area contributed by atoms with Crippen LogP contribution in [0.25, 0.3) is 0 Å². The Morgan fingerprint density at radius 1 is 1.43 bits per heavy atom. The summed E-state index contributed by atoms with van der Waals surface area (Å²) in [6.45, 7) is 0.573. The van der Waals surface area contributed by atoms with Crippen LogP contribution in [0.15, 0.2) is 26.7 Å². The van der Waals surface area contributed by atoms with E-state index in [1.807, 2.05) is 0 Å². The normalized spacial score (nSPS) is 16.7. The van der Waals surface area contributed by atoms with Gasteiger partial charge in [-0.2, -0.15) is 0 Å². The van der Waals surface area contributed by atoms with E-state index in [-0.39, 0.29) is 30.5 Å². The smallest absolute Gasteiger partial charge is 0.250 e. The number of sulfonamides is 1. The van der Waals surface area contributed by atoms with Crippen molar-refractivity contribution in [2.24, 2.45) is 10.7 Å². The van der Waals surface area contributed by atoms with Gasteiger partial charge in [-0.25, -0.2) is 13.1 Å². The fourth-order valence-corrected chi connectivity index (χ4v) is 4.23. The molecule has 4 N–H and O–H groups in total. The predicted molar refractivity (Wildman–Crippen MR) is 96.8 cm³/mol. The number of hydrogen-bond acceptors (Lipinski definition) is 4. The third kappa shape index (κ3) is 6.09. The van der Waals surface area contributed by atoms with E-state index in [9.17, 15) is 8.42 Å². The predicted octanol–water partition coefficient (Wildman–Crippen LogP) is 1.49. The first-order chi connectivity index (χ1) is 9.58. The molecular weight excluding hydrogens is 423 g/mol. The molecule has 1 saturated carbocycles. The largest absolute Gasteiger partial charge is 0.370 e. The Bertz CT molecular complexity index is 540. The van der Waals surface area contributed by atoms with Crippen LogP contribution in [-0.4, -0.2) is 33.5 Å². The number of nitrogens with one attached hydrogen (secondary N) is 2. The van der Waals surface area contributed by atoms with E-state index in [4.69, 9.17) is 5.73 Å². The van der Waals surface area contributed by atoms with E-state index in [0.29, 0.717) is 22.8 Å². The molecule has 1 aromatic rings. The van der Waals surface area contributed by atoms with Gasteiger partial charge in [-0.3, -0.25) is 4.99 Å². The van der Waals surface area contributed by atoms with Crippen molar-refractivity contribution in [3.63, 3.8) is 0 Å². The Morgan fingerprint density at radius 2 is 2.14 bits per heavy atom. The van der Waals surface area contributed by atoms with Crippen LogP contribution < -0.4 is 15.8 Å². The van der Waals surface area contributed by atoms with Crippen LogP contribution in [0.2, 0.25) is 0 Å². The zero-order valence-electron chi connectivity index (χ0n) is 11.6. The third-order valence-corrected chi connectivity index (χ3v) is 6.01. The lowest BCUT2D eigenvalue weighted by atomic mass is 10.2. The Morgan fingerprint density at radius 3 is 2.76 bits per heavy atom. The molecule has 1 aliphatic rings. The SMILES string of the molecule is I.NC(=NCCNS(=O)(=O)c1cccs1)NC1CCCC1. The van der Waals surface area contributed by atoms with Gasteiger partial charge >= 0.3 is 0 Å². The molecule has 9 heteroatoms. The number of nitrogens with zero attached hydrogens (tertiary/aromatic N) is 1. The highest BCUT2D eigenvalue weighted by molar-refractivity contribution is 14.0. The maximum Gasteiger partial charge on any atom is 0.250 e. The lowest BCUT2D eigenvalue weighted by molar-refractivity contribution is 0.584. The van der Waals surface area contributed by atoms with Gasteiger partial charge in [0.1, 0.15) is 4.21 Å². The van der Waals surface area contributed by atoms with Crippen LogP contribution in [0.3, 0.4) is 0 Å². The highest BCUT2D eigenvalue weighted by atomic mass is 127. The van der Waals surface area contributed by atoms with Gasteiger partial charge in [0.2, 0.25) is 10.0 Å². The second-order valence-electron chi connectivity index (χ2n) is 4.72. The van der Waals surface area contributed by atoms with E-state index in [0.717, 1.165) is 12.8 Å². The van der Waals surface area contributed by atoms with Crippen molar-refractivity contribution >= 4 is 51.3 Å². The second kappa shape index (κ2) is 8.91. The second-order valence-corrected chi connectivity index (χ2v) is 7.66. The maximum atomic E-state index is 11.8. The van der Waals surface area contributed by atoms with Crippen LogP contribution in [0.1, 0.15) is 25.7 Å². The average molecular weight is 444 g/mol. The summed E-state index contributed by atoms with van der Waals surface area (Å²) in [5, 5.41) is 4.89. The zero-order chi connectivity index (χ0) is 14.4. The Balaban J connectivity index is 0.00000220. The van der Waals surface area contributed by atoms with Crippen molar-refractivity contribution in [1.82, 2.24) is 10.0 Å². The summed E-state index contributed by atoms with van der Waals surface area (Å²) in [7, 11) is -3.40.